The van der Waals surface area contributed by atoms with Crippen molar-refractivity contribution in [3.63, 3.8) is 0 Å². The molecule has 23 heavy (non-hydrogen) atoms. The Morgan fingerprint density at radius 1 is 1.17 bits per heavy atom. The SMILES string of the molecule is OC(CCNC(O)(O)O)c1cccc(OCC2CCCCC2)c1. The van der Waals surface area contributed by atoms with E-state index < -0.39 is 12.2 Å². The zero-order chi connectivity index (χ0) is 16.7. The molecule has 5 N–H and O–H groups in total. The first kappa shape index (κ1) is 18.2. The van der Waals surface area contributed by atoms with Gasteiger partial charge in [-0.2, -0.15) is 0 Å². The molecule has 1 aliphatic rings. The second-order valence-corrected chi connectivity index (χ2v) is 6.25. The van der Waals surface area contributed by atoms with Gasteiger partial charge < -0.3 is 25.2 Å². The van der Waals surface area contributed by atoms with Gasteiger partial charge in [-0.15, -0.1) is 0 Å². The molecular weight excluding hydrogens is 298 g/mol. The van der Waals surface area contributed by atoms with E-state index in [9.17, 15) is 5.11 Å². The topological polar surface area (TPSA) is 102 Å². The highest BCUT2D eigenvalue weighted by molar-refractivity contribution is 5.29. The number of nitrogens with one attached hydrogen (secondary N) is 1. The van der Waals surface area contributed by atoms with Gasteiger partial charge in [0.1, 0.15) is 5.75 Å². The molecule has 1 aromatic carbocycles. The van der Waals surface area contributed by atoms with Crippen LogP contribution < -0.4 is 10.1 Å². The molecule has 0 saturated heterocycles. The summed E-state index contributed by atoms with van der Waals surface area (Å²) in [4.78, 5) is 0. The van der Waals surface area contributed by atoms with E-state index in [0.717, 1.165) is 5.75 Å². The van der Waals surface area contributed by atoms with Crippen molar-refractivity contribution < 1.29 is 25.2 Å². The summed E-state index contributed by atoms with van der Waals surface area (Å²) in [5.41, 5.74) is 0.701. The lowest BCUT2D eigenvalue weighted by molar-refractivity contribution is -0.331. The first-order valence-corrected chi connectivity index (χ1v) is 8.27. The van der Waals surface area contributed by atoms with E-state index in [0.29, 0.717) is 18.1 Å². The molecule has 0 heterocycles. The molecule has 0 bridgehead atoms. The summed E-state index contributed by atoms with van der Waals surface area (Å²) >= 11 is 0. The molecule has 1 aliphatic carbocycles. The molecule has 1 atom stereocenters. The van der Waals surface area contributed by atoms with Crippen LogP contribution in [-0.2, 0) is 0 Å². The minimum atomic E-state index is -2.91. The van der Waals surface area contributed by atoms with Crippen molar-refractivity contribution in [3.05, 3.63) is 29.8 Å². The summed E-state index contributed by atoms with van der Waals surface area (Å²) < 4.78 is 5.85. The van der Waals surface area contributed by atoms with E-state index in [4.69, 9.17) is 20.1 Å². The van der Waals surface area contributed by atoms with Crippen LogP contribution >= 0.6 is 0 Å². The molecule has 1 unspecified atom stereocenters. The first-order valence-electron chi connectivity index (χ1n) is 8.27. The molecule has 2 rings (SSSR count). The van der Waals surface area contributed by atoms with Crippen LogP contribution in [0.4, 0.5) is 0 Å². The van der Waals surface area contributed by atoms with Crippen molar-refractivity contribution in [2.24, 2.45) is 5.92 Å². The van der Waals surface area contributed by atoms with Crippen molar-refractivity contribution in [1.29, 1.82) is 0 Å². The first-order chi connectivity index (χ1) is 10.9. The van der Waals surface area contributed by atoms with E-state index >= 15 is 0 Å². The van der Waals surface area contributed by atoms with Crippen LogP contribution in [-0.4, -0.2) is 39.7 Å². The second kappa shape index (κ2) is 8.61. The fourth-order valence-corrected chi connectivity index (χ4v) is 2.92. The number of hydrogen-bond donors (Lipinski definition) is 5. The number of aliphatic hydroxyl groups is 4. The van der Waals surface area contributed by atoms with Gasteiger partial charge in [-0.05, 0) is 42.9 Å². The third-order valence-corrected chi connectivity index (χ3v) is 4.23. The fourth-order valence-electron chi connectivity index (χ4n) is 2.92. The molecule has 6 heteroatoms. The summed E-state index contributed by atoms with van der Waals surface area (Å²) in [6.07, 6.45) is 2.87. The summed E-state index contributed by atoms with van der Waals surface area (Å²) in [7, 11) is 0. The summed E-state index contributed by atoms with van der Waals surface area (Å²) in [6, 6.07) is 7.30. The standard InChI is InChI=1S/C17H27NO5/c19-16(9-10-18-17(20,21)22)14-7-4-8-15(11-14)23-12-13-5-2-1-3-6-13/h4,7-8,11,13,16,18-22H,1-3,5-6,9-10,12H2. The lowest BCUT2D eigenvalue weighted by Crippen LogP contribution is -2.45. The number of hydrogen-bond acceptors (Lipinski definition) is 6. The van der Waals surface area contributed by atoms with E-state index in [-0.39, 0.29) is 13.0 Å². The Morgan fingerprint density at radius 2 is 1.91 bits per heavy atom. The normalized spacial score (nSPS) is 17.9. The zero-order valence-corrected chi connectivity index (χ0v) is 13.3. The summed E-state index contributed by atoms with van der Waals surface area (Å²) in [5.74, 6) is 1.36. The van der Waals surface area contributed by atoms with Crippen molar-refractivity contribution >= 4 is 0 Å². The molecule has 0 aliphatic heterocycles. The van der Waals surface area contributed by atoms with Crippen molar-refractivity contribution in [2.75, 3.05) is 13.2 Å². The van der Waals surface area contributed by atoms with Crippen LogP contribution in [0.25, 0.3) is 0 Å². The minimum Gasteiger partial charge on any atom is -0.493 e. The van der Waals surface area contributed by atoms with E-state index in [1.165, 1.54) is 32.1 Å². The second-order valence-electron chi connectivity index (χ2n) is 6.25. The van der Waals surface area contributed by atoms with Crippen LogP contribution in [0.2, 0.25) is 0 Å². The van der Waals surface area contributed by atoms with Gasteiger partial charge in [0.15, 0.2) is 0 Å². The van der Waals surface area contributed by atoms with Crippen molar-refractivity contribution in [3.8, 4) is 5.75 Å². The molecule has 0 radical (unpaired) electrons. The van der Waals surface area contributed by atoms with Gasteiger partial charge in [-0.1, -0.05) is 31.4 Å². The van der Waals surface area contributed by atoms with Gasteiger partial charge in [0.25, 0.3) is 0 Å². The molecule has 0 spiro atoms. The van der Waals surface area contributed by atoms with Gasteiger partial charge in [-0.3, -0.25) is 0 Å². The van der Waals surface area contributed by atoms with Crippen LogP contribution in [0.1, 0.15) is 50.2 Å². The third-order valence-electron chi connectivity index (χ3n) is 4.23. The van der Waals surface area contributed by atoms with E-state index in [1.807, 2.05) is 12.1 Å². The Kier molecular flexibility index (Phi) is 6.80. The maximum Gasteiger partial charge on any atom is 0.343 e. The predicted molar refractivity (Wildman–Crippen MR) is 85.5 cm³/mol. The molecule has 0 aromatic heterocycles. The fraction of sp³-hybridized carbons (Fsp3) is 0.647. The Balaban J connectivity index is 1.80. The lowest BCUT2D eigenvalue weighted by Gasteiger charge is -2.22. The largest absolute Gasteiger partial charge is 0.493 e. The number of benzene rings is 1. The Bertz CT molecular complexity index is 468. The smallest absolute Gasteiger partial charge is 0.343 e. The molecule has 1 saturated carbocycles. The highest BCUT2D eigenvalue weighted by Gasteiger charge is 2.18. The lowest BCUT2D eigenvalue weighted by atomic mass is 9.90. The molecule has 0 amide bonds. The van der Waals surface area contributed by atoms with Gasteiger partial charge in [0.05, 0.1) is 12.7 Å². The van der Waals surface area contributed by atoms with Crippen LogP contribution in [0.15, 0.2) is 24.3 Å². The van der Waals surface area contributed by atoms with Gasteiger partial charge in [-0.25, -0.2) is 5.32 Å². The highest BCUT2D eigenvalue weighted by Crippen LogP contribution is 2.26. The summed E-state index contributed by atoms with van der Waals surface area (Å²) in [5, 5.41) is 38.4. The molecule has 6 nitrogen and oxygen atoms in total. The average Bonchev–Trinajstić information content (AvgIpc) is 2.53. The molecule has 1 fully saturated rings. The van der Waals surface area contributed by atoms with Crippen molar-refractivity contribution in [1.82, 2.24) is 5.32 Å². The number of ether oxygens (including phenoxy) is 1. The monoisotopic (exact) mass is 325 g/mol. The average molecular weight is 325 g/mol. The quantitative estimate of drug-likeness (QED) is 0.461. The third kappa shape index (κ3) is 6.85. The van der Waals surface area contributed by atoms with Crippen LogP contribution in [0, 0.1) is 5.92 Å². The van der Waals surface area contributed by atoms with Crippen LogP contribution in [0.5, 0.6) is 5.75 Å². The number of rotatable bonds is 8. The van der Waals surface area contributed by atoms with Gasteiger partial charge >= 0.3 is 6.10 Å². The maximum atomic E-state index is 10.1. The predicted octanol–water partition coefficient (Wildman–Crippen LogP) is 1.25. The van der Waals surface area contributed by atoms with Crippen molar-refractivity contribution in [2.45, 2.75) is 50.7 Å². The number of aliphatic hydroxyl groups excluding tert-OH is 1. The molecule has 1 aromatic rings. The highest BCUT2D eigenvalue weighted by atomic mass is 16.7. The summed E-state index contributed by atoms with van der Waals surface area (Å²) in [6.45, 7) is 0.765. The molecule has 130 valence electrons. The Morgan fingerprint density at radius 3 is 2.61 bits per heavy atom. The zero-order valence-electron chi connectivity index (χ0n) is 13.3. The maximum absolute atomic E-state index is 10.1. The van der Waals surface area contributed by atoms with Gasteiger partial charge in [0.2, 0.25) is 0 Å². The Hall–Kier alpha value is -1.18. The van der Waals surface area contributed by atoms with Gasteiger partial charge in [0, 0.05) is 6.54 Å². The minimum absolute atomic E-state index is 0.0534. The van der Waals surface area contributed by atoms with Crippen LogP contribution in [0.3, 0.4) is 0 Å². The van der Waals surface area contributed by atoms with E-state index in [2.05, 4.69) is 5.32 Å². The Labute approximate surface area is 136 Å². The van der Waals surface area contributed by atoms with E-state index in [1.54, 1.807) is 12.1 Å². The molecular formula is C17H27NO5.